The molecule has 29 heavy (non-hydrogen) atoms. The maximum atomic E-state index is 6.22. The van der Waals surface area contributed by atoms with Crippen molar-refractivity contribution in [1.82, 2.24) is 19.9 Å². The number of fused-ring (bicyclic) bond motifs is 1. The average molecular weight is 386 g/mol. The summed E-state index contributed by atoms with van der Waals surface area (Å²) in [6, 6.07) is 17.9. The second kappa shape index (κ2) is 8.22. The minimum atomic E-state index is -0.308. The van der Waals surface area contributed by atoms with Crippen molar-refractivity contribution in [3.8, 4) is 11.8 Å². The van der Waals surface area contributed by atoms with Crippen molar-refractivity contribution in [3.63, 3.8) is 0 Å². The smallest absolute Gasteiger partial charge is 0.317 e. The van der Waals surface area contributed by atoms with Gasteiger partial charge in [-0.05, 0) is 49.7 Å². The van der Waals surface area contributed by atoms with Gasteiger partial charge in [0.15, 0.2) is 0 Å². The molecule has 2 aromatic carbocycles. The van der Waals surface area contributed by atoms with Gasteiger partial charge in [0.25, 0.3) is 0 Å². The fraction of sp³-hybridized carbons (Fsp3) is 0.217. The molecule has 4 rings (SSSR count). The number of aromatic nitrogens is 4. The first-order valence-corrected chi connectivity index (χ1v) is 9.44. The van der Waals surface area contributed by atoms with Gasteiger partial charge in [0.05, 0.1) is 23.8 Å². The Morgan fingerprint density at radius 3 is 2.24 bits per heavy atom. The lowest BCUT2D eigenvalue weighted by Gasteiger charge is -2.19. The Balaban J connectivity index is 1.67. The van der Waals surface area contributed by atoms with Crippen LogP contribution < -0.4 is 9.47 Å². The molecule has 0 aliphatic carbocycles. The van der Waals surface area contributed by atoms with E-state index in [1.54, 1.807) is 13.3 Å². The lowest BCUT2D eigenvalue weighted by molar-refractivity contribution is 0.186. The maximum Gasteiger partial charge on any atom is 0.317 e. The van der Waals surface area contributed by atoms with Crippen LogP contribution in [0.5, 0.6) is 11.8 Å². The third-order valence-electron chi connectivity index (χ3n) is 4.59. The molecule has 0 aliphatic heterocycles. The van der Waals surface area contributed by atoms with Crippen LogP contribution in [0.15, 0.2) is 60.8 Å². The zero-order chi connectivity index (χ0) is 20.2. The summed E-state index contributed by atoms with van der Waals surface area (Å²) in [5.74, 6) is 0.792. The lowest BCUT2D eigenvalue weighted by Crippen LogP contribution is -2.14. The number of aryl methyl sites for hydroxylation is 2. The molecule has 0 spiro atoms. The van der Waals surface area contributed by atoms with Crippen LogP contribution in [-0.2, 0) is 6.42 Å². The van der Waals surface area contributed by atoms with Gasteiger partial charge in [-0.2, -0.15) is 0 Å². The molecule has 6 nitrogen and oxygen atoms in total. The Morgan fingerprint density at radius 1 is 0.862 bits per heavy atom. The summed E-state index contributed by atoms with van der Waals surface area (Å²) in [7, 11) is 1.65. The number of benzene rings is 2. The fourth-order valence-electron chi connectivity index (χ4n) is 3.20. The number of hydrogen-bond acceptors (Lipinski definition) is 6. The number of methoxy groups -OCH3 is 1. The van der Waals surface area contributed by atoms with E-state index in [4.69, 9.17) is 14.5 Å². The van der Waals surface area contributed by atoms with E-state index in [0.717, 1.165) is 39.4 Å². The van der Waals surface area contributed by atoms with Crippen LogP contribution in [0.3, 0.4) is 0 Å². The second-order valence-corrected chi connectivity index (χ2v) is 6.87. The molecule has 0 amide bonds. The summed E-state index contributed by atoms with van der Waals surface area (Å²) in [5, 5.41) is 0. The molecular weight excluding hydrogens is 364 g/mol. The topological polar surface area (TPSA) is 70.0 Å². The van der Waals surface area contributed by atoms with Gasteiger partial charge in [0.2, 0.25) is 0 Å². The van der Waals surface area contributed by atoms with Crippen molar-refractivity contribution >= 4 is 11.0 Å². The lowest BCUT2D eigenvalue weighted by atomic mass is 10.0. The molecule has 2 aromatic heterocycles. The van der Waals surface area contributed by atoms with E-state index in [1.807, 2.05) is 68.4 Å². The quantitative estimate of drug-likeness (QED) is 0.489. The molecule has 0 radical (unpaired) electrons. The standard InChI is InChI=1S/C23H22N4O2/c1-15-12-16(2)26-23(25-15)29-22(17-8-10-19(28-3)11-9-17)13-18-14-24-20-6-4-5-7-21(20)27-18/h4-12,14,22H,13H2,1-3H3. The molecular formula is C23H22N4O2. The Hall–Kier alpha value is -3.54. The van der Waals surface area contributed by atoms with Crippen LogP contribution in [0.4, 0.5) is 0 Å². The normalized spacial score (nSPS) is 12.0. The van der Waals surface area contributed by atoms with Gasteiger partial charge in [-0.1, -0.05) is 24.3 Å². The first-order chi connectivity index (χ1) is 14.1. The average Bonchev–Trinajstić information content (AvgIpc) is 2.72. The summed E-state index contributed by atoms with van der Waals surface area (Å²) in [5.41, 5.74) is 5.30. The molecule has 1 atom stereocenters. The van der Waals surface area contributed by atoms with E-state index in [2.05, 4.69) is 15.0 Å². The van der Waals surface area contributed by atoms with Gasteiger partial charge in [-0.3, -0.25) is 4.98 Å². The van der Waals surface area contributed by atoms with Gasteiger partial charge in [0, 0.05) is 24.0 Å². The first-order valence-electron chi connectivity index (χ1n) is 9.44. The molecule has 0 fully saturated rings. The van der Waals surface area contributed by atoms with Crippen molar-refractivity contribution in [1.29, 1.82) is 0 Å². The van der Waals surface area contributed by atoms with Crippen molar-refractivity contribution < 1.29 is 9.47 Å². The maximum absolute atomic E-state index is 6.22. The Morgan fingerprint density at radius 2 is 1.55 bits per heavy atom. The molecule has 0 saturated carbocycles. The number of nitrogens with zero attached hydrogens (tertiary/aromatic N) is 4. The van der Waals surface area contributed by atoms with Crippen molar-refractivity contribution in [2.24, 2.45) is 0 Å². The van der Waals surface area contributed by atoms with Gasteiger partial charge in [-0.25, -0.2) is 15.0 Å². The van der Waals surface area contributed by atoms with Gasteiger partial charge in [0.1, 0.15) is 11.9 Å². The Bertz CT molecular complexity index is 1110. The summed E-state index contributed by atoms with van der Waals surface area (Å²) in [6.07, 6.45) is 2.03. The molecule has 1 unspecified atom stereocenters. The minimum Gasteiger partial charge on any atom is -0.497 e. The minimum absolute atomic E-state index is 0.308. The highest BCUT2D eigenvalue weighted by Gasteiger charge is 2.18. The molecule has 0 N–H and O–H groups in total. The summed E-state index contributed by atoms with van der Waals surface area (Å²) in [4.78, 5) is 18.1. The summed E-state index contributed by atoms with van der Waals surface area (Å²) < 4.78 is 11.5. The number of para-hydroxylation sites is 2. The predicted molar refractivity (Wildman–Crippen MR) is 111 cm³/mol. The van der Waals surface area contributed by atoms with Gasteiger partial charge < -0.3 is 9.47 Å². The largest absolute Gasteiger partial charge is 0.497 e. The van der Waals surface area contributed by atoms with Crippen molar-refractivity contribution in [2.45, 2.75) is 26.4 Å². The van der Waals surface area contributed by atoms with E-state index in [-0.39, 0.29) is 6.10 Å². The van der Waals surface area contributed by atoms with E-state index in [1.165, 1.54) is 0 Å². The van der Waals surface area contributed by atoms with E-state index in [0.29, 0.717) is 12.4 Å². The molecule has 2 heterocycles. The van der Waals surface area contributed by atoms with E-state index >= 15 is 0 Å². The van der Waals surface area contributed by atoms with Crippen LogP contribution >= 0.6 is 0 Å². The number of rotatable bonds is 6. The van der Waals surface area contributed by atoms with Crippen LogP contribution in [0.1, 0.15) is 28.7 Å². The molecule has 146 valence electrons. The van der Waals surface area contributed by atoms with Crippen LogP contribution in [-0.4, -0.2) is 27.0 Å². The van der Waals surface area contributed by atoms with E-state index < -0.39 is 0 Å². The zero-order valence-corrected chi connectivity index (χ0v) is 16.7. The zero-order valence-electron chi connectivity index (χ0n) is 16.7. The SMILES string of the molecule is COc1ccc(C(Cc2cnc3ccccc3n2)Oc2nc(C)cc(C)n2)cc1. The molecule has 6 heteroatoms. The highest BCUT2D eigenvalue weighted by atomic mass is 16.5. The summed E-state index contributed by atoms with van der Waals surface area (Å²) >= 11 is 0. The third-order valence-corrected chi connectivity index (χ3v) is 4.59. The second-order valence-electron chi connectivity index (χ2n) is 6.87. The fourth-order valence-corrected chi connectivity index (χ4v) is 3.20. The molecule has 0 aliphatic rings. The number of hydrogen-bond donors (Lipinski definition) is 0. The third kappa shape index (κ3) is 4.48. The Kier molecular flexibility index (Phi) is 5.33. The summed E-state index contributed by atoms with van der Waals surface area (Å²) in [6.45, 7) is 3.86. The molecule has 4 aromatic rings. The number of ether oxygens (including phenoxy) is 2. The monoisotopic (exact) mass is 386 g/mol. The molecule has 0 saturated heterocycles. The van der Waals surface area contributed by atoms with Gasteiger partial charge >= 0.3 is 6.01 Å². The first kappa shape index (κ1) is 18.8. The van der Waals surface area contributed by atoms with Crippen molar-refractivity contribution in [3.05, 3.63) is 83.4 Å². The predicted octanol–water partition coefficient (Wildman–Crippen LogP) is 4.41. The molecule has 0 bridgehead atoms. The van der Waals surface area contributed by atoms with Gasteiger partial charge in [-0.15, -0.1) is 0 Å². The highest BCUT2D eigenvalue weighted by molar-refractivity contribution is 5.73. The van der Waals surface area contributed by atoms with Crippen LogP contribution in [0.2, 0.25) is 0 Å². The van der Waals surface area contributed by atoms with Crippen LogP contribution in [0.25, 0.3) is 11.0 Å². The van der Waals surface area contributed by atoms with E-state index in [9.17, 15) is 0 Å². The van der Waals surface area contributed by atoms with Crippen molar-refractivity contribution in [2.75, 3.05) is 7.11 Å². The Labute approximate surface area is 169 Å². The van der Waals surface area contributed by atoms with Crippen LogP contribution in [0, 0.1) is 13.8 Å². The highest BCUT2D eigenvalue weighted by Crippen LogP contribution is 2.26.